The first-order chi connectivity index (χ1) is 12.3. The van der Waals surface area contributed by atoms with Crippen molar-refractivity contribution in [2.45, 2.75) is 24.3 Å². The van der Waals surface area contributed by atoms with E-state index in [9.17, 15) is 4.79 Å². The molecule has 0 unspecified atom stereocenters. The minimum absolute atomic E-state index is 0.0400. The lowest BCUT2D eigenvalue weighted by atomic mass is 10.3. The number of hydrogen-bond donors (Lipinski definition) is 1. The minimum atomic E-state index is -0.0400. The number of fused-ring (bicyclic) bond motifs is 2. The summed E-state index contributed by atoms with van der Waals surface area (Å²) in [5.41, 5.74) is 1.82. The van der Waals surface area contributed by atoms with Crippen LogP contribution in [-0.2, 0) is 6.54 Å². The highest BCUT2D eigenvalue weighted by Gasteiger charge is 2.11. The molecule has 2 aromatic carbocycles. The summed E-state index contributed by atoms with van der Waals surface area (Å²) in [4.78, 5) is 16.1. The summed E-state index contributed by atoms with van der Waals surface area (Å²) in [7, 11) is 0. The van der Waals surface area contributed by atoms with Crippen LogP contribution < -0.4 is 15.2 Å². The van der Waals surface area contributed by atoms with Crippen molar-refractivity contribution >= 4 is 22.8 Å². The Balaban J connectivity index is 1.37. The Hall–Kier alpha value is -2.34. The van der Waals surface area contributed by atoms with Crippen molar-refractivity contribution in [1.82, 2.24) is 9.55 Å². The van der Waals surface area contributed by atoms with Crippen molar-refractivity contribution in [3.05, 3.63) is 52.9 Å². The minimum Gasteiger partial charge on any atom is -0.490 e. The molecule has 0 aliphatic carbocycles. The van der Waals surface area contributed by atoms with Crippen LogP contribution in [0.15, 0.2) is 52.2 Å². The number of imidazole rings is 1. The molecule has 1 N–H and O–H groups in total. The molecule has 0 radical (unpaired) electrons. The lowest BCUT2D eigenvalue weighted by molar-refractivity contribution is 0.297. The van der Waals surface area contributed by atoms with Crippen molar-refractivity contribution in [2.24, 2.45) is 0 Å². The number of rotatable bonds is 5. The lowest BCUT2D eigenvalue weighted by Gasteiger charge is -2.09. The van der Waals surface area contributed by atoms with Gasteiger partial charge in [0.25, 0.3) is 0 Å². The number of hydrogen-bond acceptors (Lipinski definition) is 4. The van der Waals surface area contributed by atoms with Gasteiger partial charge < -0.3 is 14.5 Å². The molecule has 0 bridgehead atoms. The number of H-pyrrole nitrogens is 1. The summed E-state index contributed by atoms with van der Waals surface area (Å²) >= 11 is 1.77. The molecule has 5 nitrogen and oxygen atoms in total. The monoisotopic (exact) mass is 356 g/mol. The van der Waals surface area contributed by atoms with Gasteiger partial charge in [0.05, 0.1) is 24.2 Å². The Labute approximate surface area is 150 Å². The van der Waals surface area contributed by atoms with E-state index in [0.29, 0.717) is 19.8 Å². The van der Waals surface area contributed by atoms with Crippen molar-refractivity contribution in [3.63, 3.8) is 0 Å². The third kappa shape index (κ3) is 3.54. The van der Waals surface area contributed by atoms with Crippen LogP contribution in [0.25, 0.3) is 11.0 Å². The van der Waals surface area contributed by atoms with E-state index in [-0.39, 0.29) is 5.69 Å². The number of benzene rings is 2. The lowest BCUT2D eigenvalue weighted by Crippen LogP contribution is -2.17. The predicted octanol–water partition coefficient (Wildman–Crippen LogP) is 3.67. The molecule has 0 amide bonds. The van der Waals surface area contributed by atoms with E-state index in [2.05, 4.69) is 11.1 Å². The molecule has 0 spiro atoms. The Kier molecular flexibility index (Phi) is 4.70. The van der Waals surface area contributed by atoms with Gasteiger partial charge in [-0.25, -0.2) is 4.79 Å². The van der Waals surface area contributed by atoms with E-state index in [1.165, 1.54) is 0 Å². The third-order valence-electron chi connectivity index (χ3n) is 4.20. The Bertz CT molecular complexity index is 932. The number of thioether (sulfide) groups is 1. The molecule has 0 atom stereocenters. The summed E-state index contributed by atoms with van der Waals surface area (Å²) in [6, 6.07) is 13.9. The summed E-state index contributed by atoms with van der Waals surface area (Å²) < 4.78 is 13.2. The van der Waals surface area contributed by atoms with E-state index in [0.717, 1.165) is 46.0 Å². The molecule has 0 fully saturated rings. The normalized spacial score (nSPS) is 13.8. The smallest absolute Gasteiger partial charge is 0.326 e. The fraction of sp³-hybridized carbons (Fsp3) is 0.316. The number of ether oxygens (including phenoxy) is 2. The fourth-order valence-corrected chi connectivity index (χ4v) is 3.84. The van der Waals surface area contributed by atoms with Gasteiger partial charge in [-0.3, -0.25) is 4.57 Å². The highest BCUT2D eigenvalue weighted by atomic mass is 32.2. The molecule has 6 heteroatoms. The van der Waals surface area contributed by atoms with Gasteiger partial charge in [-0.1, -0.05) is 12.1 Å². The van der Waals surface area contributed by atoms with Gasteiger partial charge in [0.1, 0.15) is 0 Å². The molecule has 1 aliphatic heterocycles. The second kappa shape index (κ2) is 7.27. The SMILES string of the molecule is O=c1[nH]c2ccccc2n1CCCSc1ccc2c(c1)OCCCO2. The van der Waals surface area contributed by atoms with E-state index in [1.54, 1.807) is 11.8 Å². The number of para-hydroxylation sites is 2. The molecule has 0 saturated heterocycles. The van der Waals surface area contributed by atoms with Crippen LogP contribution in [-0.4, -0.2) is 28.5 Å². The van der Waals surface area contributed by atoms with Crippen molar-refractivity contribution in [3.8, 4) is 11.5 Å². The molecule has 0 saturated carbocycles. The van der Waals surface area contributed by atoms with E-state index >= 15 is 0 Å². The quantitative estimate of drug-likeness (QED) is 0.560. The number of aromatic nitrogens is 2. The van der Waals surface area contributed by atoms with Crippen LogP contribution in [0.5, 0.6) is 11.5 Å². The van der Waals surface area contributed by atoms with Crippen LogP contribution in [0.1, 0.15) is 12.8 Å². The Morgan fingerprint density at radius 1 is 1.08 bits per heavy atom. The zero-order valence-corrected chi connectivity index (χ0v) is 14.7. The summed E-state index contributed by atoms with van der Waals surface area (Å²) in [6.45, 7) is 2.11. The maximum Gasteiger partial charge on any atom is 0.326 e. The molecule has 1 aromatic heterocycles. The molecule has 25 heavy (non-hydrogen) atoms. The number of nitrogens with zero attached hydrogens (tertiary/aromatic N) is 1. The van der Waals surface area contributed by atoms with Gasteiger partial charge >= 0.3 is 5.69 Å². The van der Waals surface area contributed by atoms with Crippen LogP contribution >= 0.6 is 11.8 Å². The highest BCUT2D eigenvalue weighted by molar-refractivity contribution is 7.99. The molecule has 130 valence electrons. The second-order valence-electron chi connectivity index (χ2n) is 5.96. The molecular formula is C19H20N2O3S. The highest BCUT2D eigenvalue weighted by Crippen LogP contribution is 2.34. The number of nitrogens with one attached hydrogen (secondary N) is 1. The first-order valence-corrected chi connectivity index (χ1v) is 9.50. The first kappa shape index (κ1) is 16.1. The average Bonchev–Trinajstić information content (AvgIpc) is 2.80. The largest absolute Gasteiger partial charge is 0.490 e. The predicted molar refractivity (Wildman–Crippen MR) is 99.9 cm³/mol. The molecule has 3 aromatic rings. The van der Waals surface area contributed by atoms with Gasteiger partial charge in [-0.05, 0) is 42.5 Å². The van der Waals surface area contributed by atoms with E-state index in [1.807, 2.05) is 41.0 Å². The van der Waals surface area contributed by atoms with E-state index < -0.39 is 0 Å². The van der Waals surface area contributed by atoms with Gasteiger partial charge in [0.15, 0.2) is 11.5 Å². The summed E-state index contributed by atoms with van der Waals surface area (Å²) in [5, 5.41) is 0. The zero-order valence-electron chi connectivity index (χ0n) is 13.9. The third-order valence-corrected chi connectivity index (χ3v) is 5.28. The van der Waals surface area contributed by atoms with Crippen LogP contribution in [0.2, 0.25) is 0 Å². The standard InChI is InChI=1S/C19H20N2O3S/c22-19-20-15-5-1-2-6-16(15)21(19)9-3-12-25-14-7-8-17-18(13-14)24-11-4-10-23-17/h1-2,5-8,13H,3-4,9-12H2,(H,20,22). The van der Waals surface area contributed by atoms with Crippen LogP contribution in [0, 0.1) is 0 Å². The van der Waals surface area contributed by atoms with E-state index in [4.69, 9.17) is 9.47 Å². The van der Waals surface area contributed by atoms with Gasteiger partial charge in [-0.15, -0.1) is 11.8 Å². The van der Waals surface area contributed by atoms with Crippen molar-refractivity contribution in [2.75, 3.05) is 19.0 Å². The second-order valence-corrected chi connectivity index (χ2v) is 7.13. The molecule has 1 aliphatic rings. The average molecular weight is 356 g/mol. The first-order valence-electron chi connectivity index (χ1n) is 8.51. The van der Waals surface area contributed by atoms with Crippen molar-refractivity contribution < 1.29 is 9.47 Å². The fourth-order valence-electron chi connectivity index (χ4n) is 2.97. The zero-order chi connectivity index (χ0) is 17.1. The van der Waals surface area contributed by atoms with Crippen LogP contribution in [0.4, 0.5) is 0 Å². The molecular weight excluding hydrogens is 336 g/mol. The van der Waals surface area contributed by atoms with Crippen LogP contribution in [0.3, 0.4) is 0 Å². The van der Waals surface area contributed by atoms with Gasteiger partial charge in [0.2, 0.25) is 0 Å². The molecule has 2 heterocycles. The van der Waals surface area contributed by atoms with Crippen molar-refractivity contribution in [1.29, 1.82) is 0 Å². The topological polar surface area (TPSA) is 56.2 Å². The summed E-state index contributed by atoms with van der Waals surface area (Å²) in [6.07, 6.45) is 1.83. The van der Waals surface area contributed by atoms with Gasteiger partial charge in [0, 0.05) is 17.9 Å². The molecule has 4 rings (SSSR count). The summed E-state index contributed by atoms with van der Waals surface area (Å²) in [5.74, 6) is 2.59. The maximum atomic E-state index is 12.1. The Morgan fingerprint density at radius 3 is 2.84 bits per heavy atom. The number of aryl methyl sites for hydroxylation is 1. The number of aromatic amines is 1. The maximum absolute atomic E-state index is 12.1. The Morgan fingerprint density at radius 2 is 1.92 bits per heavy atom. The van der Waals surface area contributed by atoms with Gasteiger partial charge in [-0.2, -0.15) is 0 Å².